The lowest BCUT2D eigenvalue weighted by atomic mass is 9.94. The molecule has 1 unspecified atom stereocenters. The summed E-state index contributed by atoms with van der Waals surface area (Å²) in [5, 5.41) is 2.90. The fraction of sp³-hybridized carbons (Fsp3) is 0.389. The zero-order valence-electron chi connectivity index (χ0n) is 12.7. The van der Waals surface area contributed by atoms with Gasteiger partial charge in [0, 0.05) is 31.3 Å². The van der Waals surface area contributed by atoms with Crippen molar-refractivity contribution in [2.75, 3.05) is 25.5 Å². The van der Waals surface area contributed by atoms with E-state index in [1.807, 2.05) is 38.4 Å². The number of benzene rings is 1. The zero-order chi connectivity index (χ0) is 15.1. The fourth-order valence-electron chi connectivity index (χ4n) is 2.30. The van der Waals surface area contributed by atoms with Gasteiger partial charge in [-0.05, 0) is 43.5 Å². The van der Waals surface area contributed by atoms with Gasteiger partial charge in [-0.1, -0.05) is 24.0 Å². The van der Waals surface area contributed by atoms with Crippen LogP contribution in [0, 0.1) is 17.8 Å². The average molecular weight is 282 g/mol. The Labute approximate surface area is 127 Å². The SMILES string of the molecule is CN(C)c1ccc(C#CCNC(=O)C2CC=CCC2)cc1. The molecule has 0 bridgehead atoms. The van der Waals surface area contributed by atoms with Crippen LogP contribution >= 0.6 is 0 Å². The van der Waals surface area contributed by atoms with Crippen molar-refractivity contribution in [1.29, 1.82) is 0 Å². The first kappa shape index (κ1) is 15.2. The van der Waals surface area contributed by atoms with Gasteiger partial charge in [0.1, 0.15) is 0 Å². The van der Waals surface area contributed by atoms with E-state index in [0.717, 1.165) is 30.5 Å². The Morgan fingerprint density at radius 3 is 2.67 bits per heavy atom. The standard InChI is InChI=1S/C18H22N2O/c1-20(2)17-12-10-15(11-13-17)7-6-14-19-18(21)16-8-4-3-5-9-16/h3-4,10-13,16H,5,8-9,14H2,1-2H3,(H,19,21). The molecule has 0 radical (unpaired) electrons. The highest BCUT2D eigenvalue weighted by Gasteiger charge is 2.17. The van der Waals surface area contributed by atoms with Gasteiger partial charge in [-0.25, -0.2) is 0 Å². The summed E-state index contributed by atoms with van der Waals surface area (Å²) in [7, 11) is 4.02. The normalized spacial score (nSPS) is 16.8. The van der Waals surface area contributed by atoms with Crippen LogP contribution in [0.2, 0.25) is 0 Å². The lowest BCUT2D eigenvalue weighted by Gasteiger charge is -2.16. The van der Waals surface area contributed by atoms with E-state index in [2.05, 4.69) is 34.2 Å². The second kappa shape index (κ2) is 7.54. The van der Waals surface area contributed by atoms with Crippen LogP contribution in [0.3, 0.4) is 0 Å². The van der Waals surface area contributed by atoms with Crippen molar-refractivity contribution in [1.82, 2.24) is 5.32 Å². The summed E-state index contributed by atoms with van der Waals surface area (Å²) >= 11 is 0. The molecule has 0 aromatic heterocycles. The number of carbonyl (C=O) groups excluding carboxylic acids is 1. The summed E-state index contributed by atoms with van der Waals surface area (Å²) in [6.07, 6.45) is 7.03. The van der Waals surface area contributed by atoms with Crippen LogP contribution in [-0.2, 0) is 4.79 Å². The second-order valence-electron chi connectivity index (χ2n) is 5.44. The molecule has 1 atom stereocenters. The molecule has 3 nitrogen and oxygen atoms in total. The van der Waals surface area contributed by atoms with Gasteiger partial charge in [0.05, 0.1) is 6.54 Å². The van der Waals surface area contributed by atoms with Crippen molar-refractivity contribution in [3.05, 3.63) is 42.0 Å². The Kier molecular flexibility index (Phi) is 5.45. The highest BCUT2D eigenvalue weighted by Crippen LogP contribution is 2.17. The molecular weight excluding hydrogens is 260 g/mol. The maximum atomic E-state index is 11.9. The molecule has 110 valence electrons. The highest BCUT2D eigenvalue weighted by atomic mass is 16.1. The Bertz CT molecular complexity index is 561. The molecular formula is C18H22N2O. The van der Waals surface area contributed by atoms with Crippen LogP contribution < -0.4 is 10.2 Å². The number of nitrogens with zero attached hydrogens (tertiary/aromatic N) is 1. The summed E-state index contributed by atoms with van der Waals surface area (Å²) in [6, 6.07) is 8.07. The van der Waals surface area contributed by atoms with Gasteiger partial charge < -0.3 is 10.2 Å². The molecule has 1 N–H and O–H groups in total. The van der Waals surface area contributed by atoms with Crippen molar-refractivity contribution >= 4 is 11.6 Å². The van der Waals surface area contributed by atoms with Crippen LogP contribution in [0.1, 0.15) is 24.8 Å². The quantitative estimate of drug-likeness (QED) is 0.682. The minimum absolute atomic E-state index is 0.121. The molecule has 1 aliphatic carbocycles. The van der Waals surface area contributed by atoms with Crippen LogP contribution in [-0.4, -0.2) is 26.5 Å². The third-order valence-electron chi connectivity index (χ3n) is 3.61. The van der Waals surface area contributed by atoms with Crippen molar-refractivity contribution in [3.8, 4) is 11.8 Å². The van der Waals surface area contributed by atoms with E-state index in [1.54, 1.807) is 0 Å². The number of allylic oxidation sites excluding steroid dienone is 2. The molecule has 0 saturated heterocycles. The highest BCUT2D eigenvalue weighted by molar-refractivity contribution is 5.79. The Morgan fingerprint density at radius 2 is 2.05 bits per heavy atom. The number of amides is 1. The van der Waals surface area contributed by atoms with Gasteiger partial charge in [0.25, 0.3) is 0 Å². The molecule has 1 aromatic carbocycles. The summed E-state index contributed by atoms with van der Waals surface area (Å²) in [6.45, 7) is 0.411. The minimum atomic E-state index is 0.121. The molecule has 3 heteroatoms. The molecule has 0 fully saturated rings. The number of anilines is 1. The van der Waals surface area contributed by atoms with Crippen LogP contribution in [0.25, 0.3) is 0 Å². The van der Waals surface area contributed by atoms with Crippen molar-refractivity contribution in [2.45, 2.75) is 19.3 Å². The Balaban J connectivity index is 1.80. The number of carbonyl (C=O) groups is 1. The molecule has 1 aliphatic rings. The predicted octanol–water partition coefficient (Wildman–Crippen LogP) is 2.58. The van der Waals surface area contributed by atoms with Gasteiger partial charge in [-0.3, -0.25) is 4.79 Å². The van der Waals surface area contributed by atoms with E-state index in [-0.39, 0.29) is 11.8 Å². The predicted molar refractivity (Wildman–Crippen MR) is 87.1 cm³/mol. The molecule has 0 heterocycles. The van der Waals surface area contributed by atoms with Crippen LogP contribution in [0.4, 0.5) is 5.69 Å². The van der Waals surface area contributed by atoms with E-state index in [4.69, 9.17) is 0 Å². The van der Waals surface area contributed by atoms with Crippen molar-refractivity contribution in [2.24, 2.45) is 5.92 Å². The summed E-state index contributed by atoms with van der Waals surface area (Å²) in [4.78, 5) is 14.0. The topological polar surface area (TPSA) is 32.3 Å². The third-order valence-corrected chi connectivity index (χ3v) is 3.61. The number of hydrogen-bond acceptors (Lipinski definition) is 2. The maximum absolute atomic E-state index is 11.9. The lowest BCUT2D eigenvalue weighted by molar-refractivity contribution is -0.124. The fourth-order valence-corrected chi connectivity index (χ4v) is 2.30. The Hall–Kier alpha value is -2.21. The minimum Gasteiger partial charge on any atom is -0.378 e. The Morgan fingerprint density at radius 1 is 1.29 bits per heavy atom. The molecule has 1 aromatic rings. The largest absolute Gasteiger partial charge is 0.378 e. The number of nitrogens with one attached hydrogen (secondary N) is 1. The van der Waals surface area contributed by atoms with Gasteiger partial charge >= 0.3 is 0 Å². The van der Waals surface area contributed by atoms with Crippen molar-refractivity contribution < 1.29 is 4.79 Å². The van der Waals surface area contributed by atoms with Gasteiger partial charge in [-0.15, -0.1) is 0 Å². The summed E-state index contributed by atoms with van der Waals surface area (Å²) in [5.74, 6) is 6.32. The second-order valence-corrected chi connectivity index (χ2v) is 5.44. The van der Waals surface area contributed by atoms with Gasteiger partial charge in [0.2, 0.25) is 5.91 Å². The maximum Gasteiger partial charge on any atom is 0.224 e. The molecule has 1 amide bonds. The van der Waals surface area contributed by atoms with E-state index in [1.165, 1.54) is 0 Å². The van der Waals surface area contributed by atoms with E-state index in [9.17, 15) is 4.79 Å². The first-order valence-corrected chi connectivity index (χ1v) is 7.36. The molecule has 0 saturated carbocycles. The van der Waals surface area contributed by atoms with E-state index in [0.29, 0.717) is 6.54 Å². The van der Waals surface area contributed by atoms with Crippen LogP contribution in [0.5, 0.6) is 0 Å². The molecule has 2 rings (SSSR count). The van der Waals surface area contributed by atoms with E-state index >= 15 is 0 Å². The molecule has 21 heavy (non-hydrogen) atoms. The third kappa shape index (κ3) is 4.68. The number of rotatable bonds is 3. The zero-order valence-corrected chi connectivity index (χ0v) is 12.7. The summed E-state index contributed by atoms with van der Waals surface area (Å²) < 4.78 is 0. The van der Waals surface area contributed by atoms with Crippen molar-refractivity contribution in [3.63, 3.8) is 0 Å². The van der Waals surface area contributed by atoms with Crippen LogP contribution in [0.15, 0.2) is 36.4 Å². The number of hydrogen-bond donors (Lipinski definition) is 1. The monoisotopic (exact) mass is 282 g/mol. The summed E-state index contributed by atoms with van der Waals surface area (Å²) in [5.41, 5.74) is 2.12. The van der Waals surface area contributed by atoms with Gasteiger partial charge in [0.15, 0.2) is 0 Å². The van der Waals surface area contributed by atoms with Gasteiger partial charge in [-0.2, -0.15) is 0 Å². The first-order valence-electron chi connectivity index (χ1n) is 7.36. The molecule has 0 spiro atoms. The van der Waals surface area contributed by atoms with E-state index < -0.39 is 0 Å². The lowest BCUT2D eigenvalue weighted by Crippen LogP contribution is -2.31. The first-order chi connectivity index (χ1) is 10.2. The molecule has 0 aliphatic heterocycles. The average Bonchev–Trinajstić information content (AvgIpc) is 2.52. The smallest absolute Gasteiger partial charge is 0.224 e.